The van der Waals surface area contributed by atoms with E-state index in [1.807, 2.05) is 0 Å². The van der Waals surface area contributed by atoms with E-state index in [2.05, 4.69) is 62.3 Å². The maximum Gasteiger partial charge on any atom is -0.0298 e. The average molecular weight is 226 g/mol. The Balaban J connectivity index is 4.66. The molecule has 0 N–H and O–H groups in total. The Hall–Kier alpha value is 0. The summed E-state index contributed by atoms with van der Waals surface area (Å²) in [4.78, 5) is 0. The Morgan fingerprint density at radius 3 is 1.50 bits per heavy atom. The van der Waals surface area contributed by atoms with Gasteiger partial charge in [-0.15, -0.1) is 0 Å². The Morgan fingerprint density at radius 1 is 0.812 bits per heavy atom. The third kappa shape index (κ3) is 4.89. The molecule has 0 aromatic heterocycles. The second-order valence-electron chi connectivity index (χ2n) is 8.16. The van der Waals surface area contributed by atoms with Crippen molar-refractivity contribution in [2.75, 3.05) is 0 Å². The molecule has 0 aliphatic carbocycles. The molecule has 16 heavy (non-hydrogen) atoms. The van der Waals surface area contributed by atoms with Crippen molar-refractivity contribution in [3.05, 3.63) is 0 Å². The van der Waals surface area contributed by atoms with Crippen molar-refractivity contribution in [1.82, 2.24) is 0 Å². The highest BCUT2D eigenvalue weighted by Crippen LogP contribution is 2.46. The summed E-state index contributed by atoms with van der Waals surface area (Å²) < 4.78 is 0. The van der Waals surface area contributed by atoms with Gasteiger partial charge in [0.15, 0.2) is 0 Å². The van der Waals surface area contributed by atoms with Crippen molar-refractivity contribution in [2.24, 2.45) is 22.2 Å². The molecule has 0 aromatic rings. The van der Waals surface area contributed by atoms with E-state index >= 15 is 0 Å². The van der Waals surface area contributed by atoms with E-state index in [-0.39, 0.29) is 0 Å². The average Bonchev–Trinajstić information content (AvgIpc) is 2.10. The zero-order chi connectivity index (χ0) is 13.2. The lowest BCUT2D eigenvalue weighted by Crippen LogP contribution is -2.35. The third-order valence-electron chi connectivity index (χ3n) is 4.60. The van der Waals surface area contributed by atoms with Gasteiger partial charge in [0, 0.05) is 0 Å². The third-order valence-corrected chi connectivity index (χ3v) is 4.60. The van der Waals surface area contributed by atoms with Crippen molar-refractivity contribution in [1.29, 1.82) is 0 Å². The van der Waals surface area contributed by atoms with Gasteiger partial charge in [0.05, 0.1) is 0 Å². The Labute approximate surface area is 104 Å². The molecular weight excluding hydrogens is 192 g/mol. The number of hydrogen-bond acceptors (Lipinski definition) is 0. The second-order valence-corrected chi connectivity index (χ2v) is 8.16. The van der Waals surface area contributed by atoms with Crippen LogP contribution in [0.4, 0.5) is 0 Å². The molecule has 0 radical (unpaired) electrons. The van der Waals surface area contributed by atoms with E-state index in [1.165, 1.54) is 19.3 Å². The quantitative estimate of drug-likeness (QED) is 0.559. The Bertz CT molecular complexity index is 201. The highest BCUT2D eigenvalue weighted by molar-refractivity contribution is 4.87. The van der Waals surface area contributed by atoms with Gasteiger partial charge < -0.3 is 0 Å². The predicted octanol–water partition coefficient (Wildman–Crippen LogP) is 5.91. The molecule has 0 bridgehead atoms. The molecule has 0 saturated heterocycles. The summed E-state index contributed by atoms with van der Waals surface area (Å²) in [5, 5.41) is 0. The maximum atomic E-state index is 2.48. The summed E-state index contributed by atoms with van der Waals surface area (Å²) in [6.45, 7) is 21.5. The summed E-state index contributed by atoms with van der Waals surface area (Å²) in [5.74, 6) is 0.771. The summed E-state index contributed by atoms with van der Waals surface area (Å²) in [6, 6.07) is 0. The van der Waals surface area contributed by atoms with Gasteiger partial charge in [-0.25, -0.2) is 0 Å². The standard InChI is InChI=1S/C16H34/c1-10-16(9,12-11-14(3,4)5)13(2)15(6,7)8/h13H,10-12H2,1-9H3. The number of hydrogen-bond donors (Lipinski definition) is 0. The minimum absolute atomic E-state index is 0.419. The van der Waals surface area contributed by atoms with Gasteiger partial charge in [-0.3, -0.25) is 0 Å². The van der Waals surface area contributed by atoms with Crippen LogP contribution in [0.3, 0.4) is 0 Å². The van der Waals surface area contributed by atoms with E-state index in [4.69, 9.17) is 0 Å². The first-order valence-corrected chi connectivity index (χ1v) is 6.92. The molecule has 0 rings (SSSR count). The van der Waals surface area contributed by atoms with E-state index in [9.17, 15) is 0 Å². The van der Waals surface area contributed by atoms with Crippen LogP contribution in [0.15, 0.2) is 0 Å². The van der Waals surface area contributed by atoms with Crippen molar-refractivity contribution in [3.63, 3.8) is 0 Å². The van der Waals surface area contributed by atoms with Gasteiger partial charge in [0.25, 0.3) is 0 Å². The van der Waals surface area contributed by atoms with Gasteiger partial charge in [0.2, 0.25) is 0 Å². The predicted molar refractivity (Wildman–Crippen MR) is 75.7 cm³/mol. The molecule has 0 aliphatic heterocycles. The molecular formula is C16H34. The normalized spacial score (nSPS) is 19.3. The van der Waals surface area contributed by atoms with Crippen LogP contribution in [0, 0.1) is 22.2 Å². The SMILES string of the molecule is CCC(C)(CCC(C)(C)C)C(C)C(C)(C)C. The maximum absolute atomic E-state index is 2.48. The van der Waals surface area contributed by atoms with Gasteiger partial charge in [-0.05, 0) is 35.0 Å². The minimum atomic E-state index is 0.419. The highest BCUT2D eigenvalue weighted by Gasteiger charge is 2.37. The van der Waals surface area contributed by atoms with Gasteiger partial charge in [-0.2, -0.15) is 0 Å². The molecule has 0 spiro atoms. The second kappa shape index (κ2) is 5.10. The van der Waals surface area contributed by atoms with Crippen LogP contribution in [0.2, 0.25) is 0 Å². The fraction of sp³-hybridized carbons (Fsp3) is 1.00. The molecule has 0 nitrogen and oxygen atoms in total. The molecule has 0 amide bonds. The summed E-state index contributed by atoms with van der Waals surface area (Å²) in [7, 11) is 0. The van der Waals surface area contributed by atoms with E-state index < -0.39 is 0 Å². The lowest BCUT2D eigenvalue weighted by molar-refractivity contribution is 0.0617. The minimum Gasteiger partial charge on any atom is -0.0649 e. The molecule has 0 heteroatoms. The lowest BCUT2D eigenvalue weighted by Gasteiger charge is -2.44. The Kier molecular flexibility index (Phi) is 5.10. The summed E-state index contributed by atoms with van der Waals surface area (Å²) in [6.07, 6.45) is 3.98. The van der Waals surface area contributed by atoms with Crippen LogP contribution >= 0.6 is 0 Å². The van der Waals surface area contributed by atoms with Gasteiger partial charge >= 0.3 is 0 Å². The monoisotopic (exact) mass is 226 g/mol. The largest absolute Gasteiger partial charge is 0.0649 e. The fourth-order valence-electron chi connectivity index (χ4n) is 2.41. The van der Waals surface area contributed by atoms with Crippen LogP contribution < -0.4 is 0 Å². The zero-order valence-electron chi connectivity index (χ0n) is 13.2. The van der Waals surface area contributed by atoms with Crippen LogP contribution in [-0.2, 0) is 0 Å². The van der Waals surface area contributed by atoms with E-state index in [0.29, 0.717) is 16.2 Å². The van der Waals surface area contributed by atoms with Crippen LogP contribution in [0.1, 0.15) is 81.6 Å². The molecule has 98 valence electrons. The van der Waals surface area contributed by atoms with E-state index in [0.717, 1.165) is 5.92 Å². The summed E-state index contributed by atoms with van der Waals surface area (Å²) >= 11 is 0. The topological polar surface area (TPSA) is 0 Å². The van der Waals surface area contributed by atoms with Crippen LogP contribution in [-0.4, -0.2) is 0 Å². The molecule has 0 heterocycles. The molecule has 0 saturated carbocycles. The van der Waals surface area contributed by atoms with E-state index in [1.54, 1.807) is 0 Å². The lowest BCUT2D eigenvalue weighted by atomic mass is 9.61. The first-order valence-electron chi connectivity index (χ1n) is 6.92. The molecule has 0 fully saturated rings. The molecule has 0 aliphatic rings. The van der Waals surface area contributed by atoms with Crippen LogP contribution in [0.25, 0.3) is 0 Å². The highest BCUT2D eigenvalue weighted by atomic mass is 14.4. The van der Waals surface area contributed by atoms with Gasteiger partial charge in [0.1, 0.15) is 0 Å². The van der Waals surface area contributed by atoms with Gasteiger partial charge in [-0.1, -0.05) is 68.7 Å². The zero-order valence-corrected chi connectivity index (χ0v) is 13.2. The van der Waals surface area contributed by atoms with Crippen molar-refractivity contribution in [3.8, 4) is 0 Å². The molecule has 2 unspecified atom stereocenters. The molecule has 0 aromatic carbocycles. The fourth-order valence-corrected chi connectivity index (χ4v) is 2.41. The van der Waals surface area contributed by atoms with Crippen molar-refractivity contribution >= 4 is 0 Å². The van der Waals surface area contributed by atoms with Crippen molar-refractivity contribution in [2.45, 2.75) is 81.6 Å². The number of rotatable bonds is 4. The first kappa shape index (κ1) is 16.0. The van der Waals surface area contributed by atoms with Crippen molar-refractivity contribution < 1.29 is 0 Å². The summed E-state index contributed by atoms with van der Waals surface area (Å²) in [5.41, 5.74) is 1.38. The molecule has 2 atom stereocenters. The smallest absolute Gasteiger partial charge is 0.0298 e. The van der Waals surface area contributed by atoms with Crippen LogP contribution in [0.5, 0.6) is 0 Å². The first-order chi connectivity index (χ1) is 6.92. The Morgan fingerprint density at radius 2 is 1.25 bits per heavy atom.